The summed E-state index contributed by atoms with van der Waals surface area (Å²) in [6, 6.07) is 52.6. The molecule has 0 aliphatic carbocycles. The molecule has 2 aliphatic heterocycles. The van der Waals surface area contributed by atoms with E-state index in [0.717, 1.165) is 45.3 Å². The van der Waals surface area contributed by atoms with Gasteiger partial charge < -0.3 is 9.80 Å². The third-order valence-corrected chi connectivity index (χ3v) is 8.49. The highest BCUT2D eigenvalue weighted by atomic mass is 15.2. The van der Waals surface area contributed by atoms with E-state index in [1.807, 2.05) is 18.2 Å². The fourth-order valence-corrected chi connectivity index (χ4v) is 6.72. The van der Waals surface area contributed by atoms with Crippen LogP contribution in [0.5, 0.6) is 0 Å². The topological polar surface area (TPSA) is 54.1 Å². The molecule has 5 heteroatoms. The van der Waals surface area contributed by atoms with Crippen molar-refractivity contribution < 1.29 is 0 Å². The second-order valence-electron chi connectivity index (χ2n) is 10.8. The van der Waals surface area contributed by atoms with Gasteiger partial charge in [-0.15, -0.1) is 0 Å². The molecule has 6 aromatic rings. The van der Waals surface area contributed by atoms with Crippen LogP contribution in [-0.4, -0.2) is 6.71 Å². The van der Waals surface area contributed by atoms with Crippen LogP contribution in [0.1, 0.15) is 11.1 Å². The molecule has 2 aliphatic rings. The van der Waals surface area contributed by atoms with Crippen molar-refractivity contribution in [2.45, 2.75) is 0 Å². The minimum Gasteiger partial charge on any atom is -0.311 e. The number of nitrogens with zero attached hydrogens (tertiary/aromatic N) is 4. The first kappa shape index (κ1) is 24.7. The summed E-state index contributed by atoms with van der Waals surface area (Å²) in [5.74, 6) is 0. The van der Waals surface area contributed by atoms with Crippen LogP contribution in [0.3, 0.4) is 0 Å². The zero-order chi connectivity index (χ0) is 28.9. The summed E-state index contributed by atoms with van der Waals surface area (Å²) < 4.78 is 0. The molecule has 6 aromatic carbocycles. The van der Waals surface area contributed by atoms with Crippen LogP contribution in [0.2, 0.25) is 0 Å². The summed E-state index contributed by atoms with van der Waals surface area (Å²) in [6.45, 7) is 0.0303. The van der Waals surface area contributed by atoms with Crippen LogP contribution in [0.15, 0.2) is 140 Å². The smallest absolute Gasteiger partial charge is 0.252 e. The molecule has 2 heterocycles. The molecule has 0 bridgehead atoms. The Balaban J connectivity index is 1.51. The number of hydrogen-bond acceptors (Lipinski definition) is 4. The third-order valence-electron chi connectivity index (χ3n) is 8.49. The number of hydrogen-bond donors (Lipinski definition) is 0. The summed E-state index contributed by atoms with van der Waals surface area (Å²) in [4.78, 5) is 4.70. The fourth-order valence-electron chi connectivity index (χ4n) is 6.72. The monoisotopic (exact) mass is 546 g/mol. The second-order valence-corrected chi connectivity index (χ2v) is 10.8. The number of rotatable bonds is 3. The molecular formula is C38H23BN4. The zero-order valence-electron chi connectivity index (χ0n) is 23.1. The van der Waals surface area contributed by atoms with Gasteiger partial charge in [-0.05, 0) is 88.2 Å². The summed E-state index contributed by atoms with van der Waals surface area (Å²) in [5, 5.41) is 19.7. The average molecular weight is 546 g/mol. The Morgan fingerprint density at radius 3 is 1.51 bits per heavy atom. The number of nitriles is 2. The molecule has 0 fully saturated rings. The van der Waals surface area contributed by atoms with Crippen molar-refractivity contribution in [2.75, 3.05) is 9.80 Å². The molecule has 198 valence electrons. The van der Waals surface area contributed by atoms with Crippen LogP contribution in [0.25, 0.3) is 11.1 Å². The Kier molecular flexibility index (Phi) is 5.64. The van der Waals surface area contributed by atoms with Crippen molar-refractivity contribution in [3.63, 3.8) is 0 Å². The standard InChI is InChI=1S/C38H23BN4/c40-24-26-19-20-31(28(21-26)25-41)27-22-36-38-37(23-27)43(30-13-5-2-6-14-30)35-18-10-8-16-33(35)39(38)32-15-7-9-17-34(32)42(36)29-11-3-1-4-12-29/h1-23H. The van der Waals surface area contributed by atoms with Gasteiger partial charge in [0.1, 0.15) is 0 Å². The number of para-hydroxylation sites is 4. The Morgan fingerprint density at radius 2 is 1.00 bits per heavy atom. The Labute approximate surface area is 251 Å². The molecule has 4 nitrogen and oxygen atoms in total. The van der Waals surface area contributed by atoms with Crippen molar-refractivity contribution in [2.24, 2.45) is 0 Å². The maximum absolute atomic E-state index is 10.2. The minimum absolute atomic E-state index is 0.0303. The average Bonchev–Trinajstić information content (AvgIpc) is 3.08. The van der Waals surface area contributed by atoms with E-state index >= 15 is 0 Å². The molecule has 0 amide bonds. The fraction of sp³-hybridized carbons (Fsp3) is 0. The van der Waals surface area contributed by atoms with Crippen LogP contribution in [0, 0.1) is 22.7 Å². The molecule has 43 heavy (non-hydrogen) atoms. The molecule has 0 saturated heterocycles. The van der Waals surface area contributed by atoms with Gasteiger partial charge in [0, 0.05) is 34.1 Å². The molecule has 0 atom stereocenters. The predicted octanol–water partition coefficient (Wildman–Crippen LogP) is 7.18. The summed E-state index contributed by atoms with van der Waals surface area (Å²) in [7, 11) is 0. The lowest BCUT2D eigenvalue weighted by atomic mass is 9.33. The summed E-state index contributed by atoms with van der Waals surface area (Å²) >= 11 is 0. The van der Waals surface area contributed by atoms with E-state index in [2.05, 4.69) is 131 Å². The predicted molar refractivity (Wildman–Crippen MR) is 175 cm³/mol. The summed E-state index contributed by atoms with van der Waals surface area (Å²) in [5.41, 5.74) is 13.0. The first-order valence-electron chi connectivity index (χ1n) is 14.3. The maximum Gasteiger partial charge on any atom is 0.252 e. The van der Waals surface area contributed by atoms with Gasteiger partial charge >= 0.3 is 0 Å². The second kappa shape index (κ2) is 9.81. The highest BCUT2D eigenvalue weighted by Gasteiger charge is 2.43. The molecule has 0 aromatic heterocycles. The third kappa shape index (κ3) is 3.77. The molecule has 0 spiro atoms. The Bertz CT molecular complexity index is 2010. The molecule has 0 radical (unpaired) electrons. The van der Waals surface area contributed by atoms with Gasteiger partial charge in [0.2, 0.25) is 0 Å². The molecule has 8 rings (SSSR count). The molecule has 0 unspecified atom stereocenters. The lowest BCUT2D eigenvalue weighted by Crippen LogP contribution is -2.61. The lowest BCUT2D eigenvalue weighted by Gasteiger charge is -2.44. The highest BCUT2D eigenvalue weighted by molar-refractivity contribution is 7.00. The molecule has 0 saturated carbocycles. The van der Waals surface area contributed by atoms with E-state index in [1.54, 1.807) is 12.1 Å². The molecule has 0 N–H and O–H groups in total. The van der Waals surface area contributed by atoms with Crippen LogP contribution >= 0.6 is 0 Å². The van der Waals surface area contributed by atoms with Gasteiger partial charge in [-0.3, -0.25) is 0 Å². The van der Waals surface area contributed by atoms with Crippen molar-refractivity contribution in [1.29, 1.82) is 10.5 Å². The highest BCUT2D eigenvalue weighted by Crippen LogP contribution is 2.45. The van der Waals surface area contributed by atoms with E-state index in [4.69, 9.17) is 0 Å². The van der Waals surface area contributed by atoms with Crippen LogP contribution < -0.4 is 26.2 Å². The van der Waals surface area contributed by atoms with E-state index in [0.29, 0.717) is 11.1 Å². The largest absolute Gasteiger partial charge is 0.311 e. The maximum atomic E-state index is 10.2. The number of benzene rings is 6. The SMILES string of the molecule is N#Cc1ccc(-c2cc3c4c(c2)N(c2ccccc2)c2ccccc2B4c2ccccc2N3c2ccccc2)c(C#N)c1. The normalized spacial score (nSPS) is 12.5. The van der Waals surface area contributed by atoms with E-state index in [-0.39, 0.29) is 6.71 Å². The van der Waals surface area contributed by atoms with Gasteiger partial charge in [-0.1, -0.05) is 78.9 Å². The van der Waals surface area contributed by atoms with Crippen molar-refractivity contribution >= 4 is 57.2 Å². The van der Waals surface area contributed by atoms with Crippen molar-refractivity contribution in [3.05, 3.63) is 151 Å². The van der Waals surface area contributed by atoms with Crippen molar-refractivity contribution in [3.8, 4) is 23.3 Å². The number of fused-ring (bicyclic) bond motifs is 4. The van der Waals surface area contributed by atoms with E-state index in [9.17, 15) is 10.5 Å². The van der Waals surface area contributed by atoms with E-state index < -0.39 is 0 Å². The Morgan fingerprint density at radius 1 is 0.488 bits per heavy atom. The number of anilines is 6. The lowest BCUT2D eigenvalue weighted by molar-refractivity contribution is 1.25. The minimum atomic E-state index is 0.0303. The Hall–Kier alpha value is -6.04. The van der Waals surface area contributed by atoms with E-state index in [1.165, 1.54) is 16.4 Å². The summed E-state index contributed by atoms with van der Waals surface area (Å²) in [6.07, 6.45) is 0. The van der Waals surface area contributed by atoms with Gasteiger partial charge in [0.15, 0.2) is 0 Å². The first-order valence-corrected chi connectivity index (χ1v) is 14.3. The van der Waals surface area contributed by atoms with Crippen LogP contribution in [0.4, 0.5) is 34.1 Å². The van der Waals surface area contributed by atoms with Gasteiger partial charge in [0.05, 0.1) is 23.3 Å². The molecular weight excluding hydrogens is 523 g/mol. The van der Waals surface area contributed by atoms with Gasteiger partial charge in [-0.25, -0.2) is 0 Å². The van der Waals surface area contributed by atoms with Gasteiger partial charge in [0.25, 0.3) is 6.71 Å². The zero-order valence-corrected chi connectivity index (χ0v) is 23.1. The van der Waals surface area contributed by atoms with Crippen LogP contribution in [-0.2, 0) is 0 Å². The first-order chi connectivity index (χ1) is 21.3. The quantitative estimate of drug-likeness (QED) is 0.220. The van der Waals surface area contributed by atoms with Crippen molar-refractivity contribution in [1.82, 2.24) is 0 Å². The van der Waals surface area contributed by atoms with Gasteiger partial charge in [-0.2, -0.15) is 10.5 Å².